The van der Waals surface area contributed by atoms with Gasteiger partial charge in [-0.15, -0.1) is 10.2 Å². The zero-order valence-electron chi connectivity index (χ0n) is 18.3. The van der Waals surface area contributed by atoms with E-state index < -0.39 is 5.91 Å². The van der Waals surface area contributed by atoms with Crippen LogP contribution in [0, 0.1) is 0 Å². The van der Waals surface area contributed by atoms with Gasteiger partial charge in [-0.2, -0.15) is 0 Å². The van der Waals surface area contributed by atoms with Gasteiger partial charge in [0, 0.05) is 18.5 Å². The Bertz CT molecular complexity index is 1090. The summed E-state index contributed by atoms with van der Waals surface area (Å²) in [6.45, 7) is 0.813. The molecule has 0 aromatic carbocycles. The Kier molecular flexibility index (Phi) is 7.66. The Morgan fingerprint density at radius 3 is 2.58 bits per heavy atom. The van der Waals surface area contributed by atoms with E-state index in [1.807, 2.05) is 33.7 Å². The average molecular weight is 470 g/mol. The number of allylic oxidation sites excluding steroid dienone is 2. The lowest BCUT2D eigenvalue weighted by molar-refractivity contribution is -0.127. The molecular formula is C23H27N5O4S. The Morgan fingerprint density at radius 2 is 1.91 bits per heavy atom. The highest BCUT2D eigenvalue weighted by Gasteiger charge is 2.23. The van der Waals surface area contributed by atoms with Crippen molar-refractivity contribution < 1.29 is 18.4 Å². The van der Waals surface area contributed by atoms with Gasteiger partial charge in [-0.05, 0) is 49.9 Å². The number of aromatic nitrogens is 3. The molecule has 174 valence electrons. The Balaban J connectivity index is 1.49. The summed E-state index contributed by atoms with van der Waals surface area (Å²) >= 11 is 1.32. The van der Waals surface area contributed by atoms with Gasteiger partial charge in [-0.3, -0.25) is 14.2 Å². The summed E-state index contributed by atoms with van der Waals surface area (Å²) in [5.74, 6) is 1.88. The molecule has 1 aliphatic carbocycles. The molecule has 3 aromatic rings. The number of carbonyl (C=O) groups excluding carboxylic acids is 2. The lowest BCUT2D eigenvalue weighted by atomic mass is 10.0. The maximum absolute atomic E-state index is 13.3. The van der Waals surface area contributed by atoms with Crippen molar-refractivity contribution in [2.75, 3.05) is 5.75 Å². The molecule has 0 fully saturated rings. The minimum Gasteiger partial charge on any atom is -0.467 e. The molecule has 0 atom stereocenters. The number of rotatable bonds is 11. The number of thioether (sulfide) groups is 1. The zero-order chi connectivity index (χ0) is 23.0. The van der Waals surface area contributed by atoms with Crippen LogP contribution in [0.2, 0.25) is 0 Å². The first-order valence-electron chi connectivity index (χ1n) is 11.0. The summed E-state index contributed by atoms with van der Waals surface area (Å²) < 4.78 is 12.8. The first-order valence-corrected chi connectivity index (χ1v) is 12.0. The maximum atomic E-state index is 13.3. The van der Waals surface area contributed by atoms with Crippen molar-refractivity contribution in [1.29, 1.82) is 0 Å². The van der Waals surface area contributed by atoms with E-state index in [2.05, 4.69) is 16.3 Å². The highest BCUT2D eigenvalue weighted by atomic mass is 32.2. The van der Waals surface area contributed by atoms with Crippen LogP contribution in [0.25, 0.3) is 0 Å². The molecule has 0 aliphatic heterocycles. The van der Waals surface area contributed by atoms with E-state index in [9.17, 15) is 9.59 Å². The molecule has 9 nitrogen and oxygen atoms in total. The summed E-state index contributed by atoms with van der Waals surface area (Å²) in [4.78, 5) is 26.3. The lowest BCUT2D eigenvalue weighted by Gasteiger charge is -2.27. The lowest BCUT2D eigenvalue weighted by Crippen LogP contribution is -2.32. The van der Waals surface area contributed by atoms with Gasteiger partial charge in [0.15, 0.2) is 5.16 Å². The van der Waals surface area contributed by atoms with Crippen molar-refractivity contribution in [3.63, 3.8) is 0 Å². The maximum Gasteiger partial charge on any atom is 0.237 e. The Labute approximate surface area is 196 Å². The number of nitrogens with zero attached hydrogens (tertiary/aromatic N) is 4. The SMILES string of the molecule is NC(=O)CCc1nnc(SCC(=O)N(Cc2ccco2)C2=CCCCC2)n1Cc1ccco1. The number of carbonyl (C=O) groups is 2. The molecule has 3 heterocycles. The van der Waals surface area contributed by atoms with Crippen LogP contribution in [0.5, 0.6) is 0 Å². The van der Waals surface area contributed by atoms with E-state index in [0.717, 1.165) is 42.9 Å². The van der Waals surface area contributed by atoms with Crippen molar-refractivity contribution in [3.05, 3.63) is 65.9 Å². The van der Waals surface area contributed by atoms with E-state index in [0.29, 0.717) is 30.5 Å². The van der Waals surface area contributed by atoms with Crippen LogP contribution in [0.3, 0.4) is 0 Å². The summed E-state index contributed by atoms with van der Waals surface area (Å²) in [5.41, 5.74) is 6.35. The molecule has 0 spiro atoms. The molecule has 4 rings (SSSR count). The van der Waals surface area contributed by atoms with Crippen molar-refractivity contribution in [3.8, 4) is 0 Å². The van der Waals surface area contributed by atoms with Gasteiger partial charge in [0.05, 0.1) is 31.4 Å². The largest absolute Gasteiger partial charge is 0.467 e. The van der Waals surface area contributed by atoms with E-state index in [4.69, 9.17) is 14.6 Å². The molecule has 10 heteroatoms. The normalized spacial score (nSPS) is 13.6. The van der Waals surface area contributed by atoms with Gasteiger partial charge in [-0.25, -0.2) is 0 Å². The third-order valence-corrected chi connectivity index (χ3v) is 6.37. The number of primary amides is 1. The molecule has 33 heavy (non-hydrogen) atoms. The molecule has 0 saturated heterocycles. The Hall–Kier alpha value is -3.27. The fourth-order valence-electron chi connectivity index (χ4n) is 3.74. The van der Waals surface area contributed by atoms with Gasteiger partial charge < -0.3 is 19.5 Å². The quantitative estimate of drug-likeness (QED) is 0.427. The molecular weight excluding hydrogens is 442 g/mol. The summed E-state index contributed by atoms with van der Waals surface area (Å²) in [6, 6.07) is 7.37. The second kappa shape index (κ2) is 11.0. The number of nitrogens with two attached hydrogens (primary N) is 1. The van der Waals surface area contributed by atoms with E-state index in [-0.39, 0.29) is 18.1 Å². The number of furan rings is 2. The highest BCUT2D eigenvalue weighted by molar-refractivity contribution is 7.99. The van der Waals surface area contributed by atoms with Crippen molar-refractivity contribution in [1.82, 2.24) is 19.7 Å². The smallest absolute Gasteiger partial charge is 0.237 e. The van der Waals surface area contributed by atoms with Gasteiger partial charge in [0.2, 0.25) is 11.8 Å². The molecule has 0 unspecified atom stereocenters. The van der Waals surface area contributed by atoms with Gasteiger partial charge in [-0.1, -0.05) is 17.8 Å². The number of aryl methyl sites for hydroxylation is 1. The second-order valence-electron chi connectivity index (χ2n) is 7.82. The first-order chi connectivity index (χ1) is 16.1. The van der Waals surface area contributed by atoms with Crippen LogP contribution in [-0.4, -0.2) is 37.2 Å². The summed E-state index contributed by atoms with van der Waals surface area (Å²) in [7, 11) is 0. The fourth-order valence-corrected chi connectivity index (χ4v) is 4.57. The van der Waals surface area contributed by atoms with Crippen LogP contribution < -0.4 is 5.73 Å². The fraction of sp³-hybridized carbons (Fsp3) is 0.391. The van der Waals surface area contributed by atoms with Crippen LogP contribution in [0.15, 0.2) is 62.6 Å². The number of hydrogen-bond donors (Lipinski definition) is 1. The molecule has 0 radical (unpaired) electrons. The Morgan fingerprint density at radius 1 is 1.12 bits per heavy atom. The van der Waals surface area contributed by atoms with Crippen molar-refractivity contribution >= 4 is 23.6 Å². The zero-order valence-corrected chi connectivity index (χ0v) is 19.1. The number of amides is 2. The number of hydrogen-bond acceptors (Lipinski definition) is 7. The average Bonchev–Trinajstić information content (AvgIpc) is 3.59. The minimum absolute atomic E-state index is 0.0178. The van der Waals surface area contributed by atoms with Gasteiger partial charge in [0.25, 0.3) is 0 Å². The molecule has 2 amide bonds. The van der Waals surface area contributed by atoms with Crippen LogP contribution >= 0.6 is 11.8 Å². The minimum atomic E-state index is -0.402. The second-order valence-corrected chi connectivity index (χ2v) is 8.76. The first kappa shape index (κ1) is 22.9. The van der Waals surface area contributed by atoms with Crippen LogP contribution in [-0.2, 0) is 29.1 Å². The van der Waals surface area contributed by atoms with E-state index in [1.54, 1.807) is 12.5 Å². The summed E-state index contributed by atoms with van der Waals surface area (Å²) in [5, 5.41) is 9.10. The topological polar surface area (TPSA) is 120 Å². The molecule has 2 N–H and O–H groups in total. The third-order valence-electron chi connectivity index (χ3n) is 5.42. The van der Waals surface area contributed by atoms with E-state index >= 15 is 0 Å². The van der Waals surface area contributed by atoms with Crippen LogP contribution in [0.4, 0.5) is 0 Å². The predicted molar refractivity (Wildman–Crippen MR) is 122 cm³/mol. The molecule has 0 bridgehead atoms. The van der Waals surface area contributed by atoms with Crippen molar-refractivity contribution in [2.24, 2.45) is 5.73 Å². The standard InChI is InChI=1S/C23H27N5O4S/c24-20(29)10-11-21-25-26-23(28(21)15-19-9-5-13-32-19)33-16-22(30)27(14-18-8-4-12-31-18)17-6-2-1-3-7-17/h4-6,8-9,12-13H,1-3,7,10-11,14-16H2,(H2,24,29). The monoisotopic (exact) mass is 469 g/mol. The highest BCUT2D eigenvalue weighted by Crippen LogP contribution is 2.26. The summed E-state index contributed by atoms with van der Waals surface area (Å²) in [6.07, 6.45) is 9.98. The predicted octanol–water partition coefficient (Wildman–Crippen LogP) is 3.51. The van der Waals surface area contributed by atoms with Crippen LogP contribution in [0.1, 0.15) is 49.4 Å². The third kappa shape index (κ3) is 6.16. The van der Waals surface area contributed by atoms with Gasteiger partial charge >= 0.3 is 0 Å². The molecule has 0 saturated carbocycles. The van der Waals surface area contributed by atoms with Crippen molar-refractivity contribution in [2.45, 2.75) is 56.8 Å². The van der Waals surface area contributed by atoms with Gasteiger partial charge in [0.1, 0.15) is 17.3 Å². The molecule has 3 aromatic heterocycles. The molecule has 1 aliphatic rings. The van der Waals surface area contributed by atoms with E-state index in [1.165, 1.54) is 11.8 Å².